The number of fused-ring (bicyclic) bond motifs is 1. The van der Waals surface area contributed by atoms with Gasteiger partial charge in [-0.15, -0.1) is 0 Å². The van der Waals surface area contributed by atoms with Crippen LogP contribution in [-0.4, -0.2) is 58.4 Å². The predicted octanol–water partition coefficient (Wildman–Crippen LogP) is 5.57. The molecular weight excluding hydrogens is 495 g/mol. The van der Waals surface area contributed by atoms with Gasteiger partial charge in [0.2, 0.25) is 0 Å². The predicted molar refractivity (Wildman–Crippen MR) is 141 cm³/mol. The molecule has 2 aromatic carbocycles. The lowest BCUT2D eigenvalue weighted by Crippen LogP contribution is -2.47. The SMILES string of the molecule is Cn1cc(C(=O)O)c2ccc(N3CCN(CCc4c(-c5c(F)cccc5Cl)noc4C4CC4)CC3)cc21. The number of carboxylic acids is 1. The highest BCUT2D eigenvalue weighted by Crippen LogP contribution is 2.45. The maximum absolute atomic E-state index is 14.7. The summed E-state index contributed by atoms with van der Waals surface area (Å²) in [5.74, 6) is -0.0500. The number of benzene rings is 2. The van der Waals surface area contributed by atoms with Crippen molar-refractivity contribution in [3.63, 3.8) is 0 Å². The van der Waals surface area contributed by atoms with Gasteiger partial charge in [0, 0.05) is 68.5 Å². The molecule has 9 heteroatoms. The Bertz CT molecular complexity index is 1460. The monoisotopic (exact) mass is 522 g/mol. The summed E-state index contributed by atoms with van der Waals surface area (Å²) >= 11 is 6.36. The molecule has 0 unspecified atom stereocenters. The van der Waals surface area contributed by atoms with Gasteiger partial charge in [-0.3, -0.25) is 4.90 Å². The van der Waals surface area contributed by atoms with Crippen LogP contribution in [-0.2, 0) is 13.5 Å². The molecule has 2 fully saturated rings. The van der Waals surface area contributed by atoms with E-state index in [9.17, 15) is 14.3 Å². The number of aromatic nitrogens is 2. The van der Waals surface area contributed by atoms with Crippen LogP contribution in [0.1, 0.15) is 40.4 Å². The summed E-state index contributed by atoms with van der Waals surface area (Å²) < 4.78 is 22.3. The van der Waals surface area contributed by atoms with E-state index in [0.717, 1.165) is 79.9 Å². The number of rotatable bonds is 7. The minimum absolute atomic E-state index is 0.321. The number of aryl methyl sites for hydroxylation is 1. The van der Waals surface area contributed by atoms with Crippen LogP contribution in [0.5, 0.6) is 0 Å². The minimum atomic E-state index is -0.912. The maximum Gasteiger partial charge on any atom is 0.337 e. The van der Waals surface area contributed by atoms with Crippen molar-refractivity contribution in [3.05, 3.63) is 70.3 Å². The molecule has 1 saturated carbocycles. The normalized spacial score (nSPS) is 16.6. The largest absolute Gasteiger partial charge is 0.478 e. The van der Waals surface area contributed by atoms with Gasteiger partial charge in [0.25, 0.3) is 0 Å². The highest BCUT2D eigenvalue weighted by atomic mass is 35.5. The fourth-order valence-electron chi connectivity index (χ4n) is 5.39. The lowest BCUT2D eigenvalue weighted by atomic mass is 10.0. The summed E-state index contributed by atoms with van der Waals surface area (Å²) in [4.78, 5) is 16.3. The van der Waals surface area contributed by atoms with Gasteiger partial charge in [-0.1, -0.05) is 22.8 Å². The number of carboxylic acid groups (broad SMARTS) is 1. The summed E-state index contributed by atoms with van der Waals surface area (Å²) in [6.07, 6.45) is 4.54. The molecule has 0 bridgehead atoms. The molecule has 1 N–H and O–H groups in total. The maximum atomic E-state index is 14.7. The summed E-state index contributed by atoms with van der Waals surface area (Å²) in [6.45, 7) is 4.35. The number of halogens is 2. The van der Waals surface area contributed by atoms with E-state index in [1.807, 2.05) is 23.7 Å². The number of hydrogen-bond acceptors (Lipinski definition) is 5. The van der Waals surface area contributed by atoms with Crippen LogP contribution >= 0.6 is 11.6 Å². The third-order valence-electron chi connectivity index (χ3n) is 7.59. The fourth-order valence-corrected chi connectivity index (χ4v) is 5.64. The van der Waals surface area contributed by atoms with Crippen LogP contribution in [0, 0.1) is 5.82 Å². The first-order valence-corrected chi connectivity index (χ1v) is 13.0. The van der Waals surface area contributed by atoms with Crippen molar-refractivity contribution < 1.29 is 18.8 Å². The molecule has 4 aromatic rings. The van der Waals surface area contributed by atoms with E-state index in [1.165, 1.54) is 6.07 Å². The van der Waals surface area contributed by atoms with Crippen molar-refractivity contribution >= 4 is 34.2 Å². The van der Waals surface area contributed by atoms with Crippen LogP contribution in [0.3, 0.4) is 0 Å². The molecule has 0 amide bonds. The van der Waals surface area contributed by atoms with E-state index >= 15 is 0 Å². The zero-order valence-electron chi connectivity index (χ0n) is 20.6. The Morgan fingerprint density at radius 3 is 2.68 bits per heavy atom. The Morgan fingerprint density at radius 1 is 1.19 bits per heavy atom. The Balaban J connectivity index is 1.15. The Labute approximate surface area is 219 Å². The topological polar surface area (TPSA) is 74.7 Å². The van der Waals surface area contributed by atoms with E-state index in [0.29, 0.717) is 27.8 Å². The highest BCUT2D eigenvalue weighted by molar-refractivity contribution is 6.33. The van der Waals surface area contributed by atoms with Crippen LogP contribution in [0.4, 0.5) is 10.1 Å². The molecule has 0 radical (unpaired) electrons. The first-order valence-electron chi connectivity index (χ1n) is 12.6. The zero-order valence-corrected chi connectivity index (χ0v) is 21.3. The van der Waals surface area contributed by atoms with Crippen molar-refractivity contribution in [2.75, 3.05) is 37.6 Å². The Kier molecular flexibility index (Phi) is 6.16. The zero-order chi connectivity index (χ0) is 25.7. The Hall–Kier alpha value is -3.36. The lowest BCUT2D eigenvalue weighted by molar-refractivity contribution is 0.0699. The Morgan fingerprint density at radius 2 is 1.97 bits per heavy atom. The first-order chi connectivity index (χ1) is 17.9. The fraction of sp³-hybridized carbons (Fsp3) is 0.357. The summed E-state index contributed by atoms with van der Waals surface area (Å²) in [7, 11) is 1.87. The second kappa shape index (κ2) is 9.50. The van der Waals surface area contributed by atoms with Gasteiger partial charge in [-0.25, -0.2) is 9.18 Å². The molecule has 1 aliphatic heterocycles. The molecule has 6 rings (SSSR count). The van der Waals surface area contributed by atoms with Gasteiger partial charge in [-0.2, -0.15) is 0 Å². The summed E-state index contributed by atoms with van der Waals surface area (Å²) in [5, 5.41) is 14.8. The molecule has 7 nitrogen and oxygen atoms in total. The molecule has 0 spiro atoms. The van der Waals surface area contributed by atoms with E-state index in [1.54, 1.807) is 18.3 Å². The van der Waals surface area contributed by atoms with Gasteiger partial charge in [0.15, 0.2) is 0 Å². The van der Waals surface area contributed by atoms with Crippen molar-refractivity contribution in [3.8, 4) is 11.3 Å². The molecule has 2 aromatic heterocycles. The molecule has 1 aliphatic carbocycles. The van der Waals surface area contributed by atoms with Crippen LogP contribution in [0.2, 0.25) is 5.02 Å². The van der Waals surface area contributed by atoms with E-state index in [-0.39, 0.29) is 5.82 Å². The summed E-state index contributed by atoms with van der Waals surface area (Å²) in [5.41, 5.74) is 4.15. The van der Waals surface area contributed by atoms with Crippen LogP contribution < -0.4 is 4.90 Å². The quantitative estimate of drug-likeness (QED) is 0.342. The molecule has 192 valence electrons. The van der Waals surface area contributed by atoms with E-state index in [4.69, 9.17) is 16.1 Å². The summed E-state index contributed by atoms with van der Waals surface area (Å²) in [6, 6.07) is 10.7. The number of nitrogens with zero attached hydrogens (tertiary/aromatic N) is 4. The minimum Gasteiger partial charge on any atom is -0.478 e. The van der Waals surface area contributed by atoms with E-state index < -0.39 is 5.97 Å². The first kappa shape index (κ1) is 24.0. The van der Waals surface area contributed by atoms with Gasteiger partial charge in [0.1, 0.15) is 17.3 Å². The third kappa shape index (κ3) is 4.49. The average molecular weight is 523 g/mol. The second-order valence-corrected chi connectivity index (χ2v) is 10.4. The van der Waals surface area contributed by atoms with Gasteiger partial charge < -0.3 is 19.1 Å². The van der Waals surface area contributed by atoms with Gasteiger partial charge >= 0.3 is 5.97 Å². The molecule has 37 heavy (non-hydrogen) atoms. The van der Waals surface area contributed by atoms with Gasteiger partial charge in [-0.05, 0) is 49.6 Å². The lowest BCUT2D eigenvalue weighted by Gasteiger charge is -2.36. The number of hydrogen-bond donors (Lipinski definition) is 1. The number of piperazine rings is 1. The molecule has 3 heterocycles. The number of aromatic carboxylic acids is 1. The van der Waals surface area contributed by atoms with Crippen molar-refractivity contribution in [1.29, 1.82) is 0 Å². The van der Waals surface area contributed by atoms with Crippen LogP contribution in [0.25, 0.3) is 22.2 Å². The second-order valence-electron chi connectivity index (χ2n) is 9.98. The average Bonchev–Trinajstić information content (AvgIpc) is 3.57. The van der Waals surface area contributed by atoms with E-state index in [2.05, 4.69) is 21.0 Å². The van der Waals surface area contributed by atoms with Crippen molar-refractivity contribution in [1.82, 2.24) is 14.6 Å². The number of anilines is 1. The third-order valence-corrected chi connectivity index (χ3v) is 7.90. The molecule has 0 atom stereocenters. The highest BCUT2D eigenvalue weighted by Gasteiger charge is 2.33. The van der Waals surface area contributed by atoms with Gasteiger partial charge in [0.05, 0.1) is 21.7 Å². The van der Waals surface area contributed by atoms with Crippen molar-refractivity contribution in [2.45, 2.75) is 25.2 Å². The smallest absolute Gasteiger partial charge is 0.337 e. The van der Waals surface area contributed by atoms with Crippen molar-refractivity contribution in [2.24, 2.45) is 7.05 Å². The molecular formula is C28H28ClFN4O3. The standard InChI is InChI=1S/C28H28ClFN4O3/c1-32-16-21(28(35)36)19-8-7-18(15-24(19)32)34-13-11-33(12-14-34)10-9-20-26(31-37-27(20)17-5-6-17)25-22(29)3-2-4-23(25)30/h2-4,7-8,15-17H,5-6,9-14H2,1H3,(H,35,36). The number of carbonyl (C=O) groups is 1. The molecule has 2 aliphatic rings. The van der Waals surface area contributed by atoms with Crippen LogP contribution in [0.15, 0.2) is 47.1 Å². The molecule has 1 saturated heterocycles.